The van der Waals surface area contributed by atoms with Gasteiger partial charge in [-0.3, -0.25) is 4.79 Å². The number of halogens is 1. The Kier molecular flexibility index (Phi) is 4.34. The molecule has 2 aromatic heterocycles. The van der Waals surface area contributed by atoms with E-state index in [4.69, 9.17) is 4.98 Å². The molecule has 0 aliphatic carbocycles. The van der Waals surface area contributed by atoms with Gasteiger partial charge in [0.15, 0.2) is 5.82 Å². The molecule has 30 heavy (non-hydrogen) atoms. The van der Waals surface area contributed by atoms with Crippen LogP contribution in [0.4, 0.5) is 21.7 Å². The van der Waals surface area contributed by atoms with Gasteiger partial charge in [0.1, 0.15) is 23.5 Å². The summed E-state index contributed by atoms with van der Waals surface area (Å²) in [7, 11) is 0. The summed E-state index contributed by atoms with van der Waals surface area (Å²) in [6.45, 7) is 6.71. The Bertz CT molecular complexity index is 1170. The zero-order chi connectivity index (χ0) is 20.8. The molecule has 3 aromatic rings. The number of aryl methyl sites for hydroxylation is 1. The first kappa shape index (κ1) is 18.5. The van der Waals surface area contributed by atoms with Gasteiger partial charge in [-0.2, -0.15) is 0 Å². The molecular formula is C22H21FN6O. The number of aromatic nitrogens is 3. The highest BCUT2D eigenvalue weighted by Gasteiger charge is 2.45. The number of hydrogen-bond donors (Lipinski definition) is 1. The maximum atomic E-state index is 14.5. The van der Waals surface area contributed by atoms with Gasteiger partial charge < -0.3 is 15.1 Å². The monoisotopic (exact) mass is 404 g/mol. The highest BCUT2D eigenvalue weighted by atomic mass is 19.1. The van der Waals surface area contributed by atoms with Gasteiger partial charge in [0.2, 0.25) is 5.91 Å². The van der Waals surface area contributed by atoms with Crippen LogP contribution in [0.15, 0.2) is 49.3 Å². The summed E-state index contributed by atoms with van der Waals surface area (Å²) in [4.78, 5) is 29.5. The van der Waals surface area contributed by atoms with E-state index in [0.29, 0.717) is 34.6 Å². The maximum Gasteiger partial charge on any atom is 0.246 e. The summed E-state index contributed by atoms with van der Waals surface area (Å²) in [5.74, 6) is 0.931. The predicted octanol–water partition coefficient (Wildman–Crippen LogP) is 3.19. The Morgan fingerprint density at radius 3 is 2.87 bits per heavy atom. The van der Waals surface area contributed by atoms with E-state index >= 15 is 0 Å². The van der Waals surface area contributed by atoms with Crippen LogP contribution in [0.25, 0.3) is 11.0 Å². The highest BCUT2D eigenvalue weighted by molar-refractivity contribution is 5.89. The molecule has 1 amide bonds. The summed E-state index contributed by atoms with van der Waals surface area (Å²) in [5, 5.41) is 3.07. The molecule has 1 aromatic carbocycles. The number of nitrogens with one attached hydrogen (secondary N) is 1. The second-order valence-electron chi connectivity index (χ2n) is 7.71. The summed E-state index contributed by atoms with van der Waals surface area (Å²) >= 11 is 0. The fourth-order valence-electron chi connectivity index (χ4n) is 4.39. The van der Waals surface area contributed by atoms with Gasteiger partial charge in [0.25, 0.3) is 0 Å². The van der Waals surface area contributed by atoms with E-state index in [1.54, 1.807) is 25.1 Å². The van der Waals surface area contributed by atoms with Gasteiger partial charge in [-0.1, -0.05) is 18.7 Å². The zero-order valence-electron chi connectivity index (χ0n) is 16.5. The van der Waals surface area contributed by atoms with Crippen molar-refractivity contribution in [1.29, 1.82) is 0 Å². The van der Waals surface area contributed by atoms with Crippen molar-refractivity contribution >= 4 is 34.3 Å². The molecule has 0 spiro atoms. The van der Waals surface area contributed by atoms with Gasteiger partial charge in [-0.15, -0.1) is 0 Å². The molecule has 2 saturated heterocycles. The number of hydrogen-bond acceptors (Lipinski definition) is 6. The van der Waals surface area contributed by atoms with Gasteiger partial charge in [0, 0.05) is 13.1 Å². The molecule has 2 fully saturated rings. The Hall–Kier alpha value is -3.55. The minimum atomic E-state index is -0.316. The average molecular weight is 404 g/mol. The maximum absolute atomic E-state index is 14.5. The Labute approximate surface area is 173 Å². The van der Waals surface area contributed by atoms with Crippen LogP contribution in [0.5, 0.6) is 0 Å². The van der Waals surface area contributed by atoms with E-state index in [-0.39, 0.29) is 23.8 Å². The number of carbonyl (C=O) groups excluding carboxylic acids is 1. The van der Waals surface area contributed by atoms with Crippen LogP contribution in [0, 0.1) is 12.7 Å². The average Bonchev–Trinajstić information content (AvgIpc) is 3.37. The van der Waals surface area contributed by atoms with E-state index < -0.39 is 0 Å². The van der Waals surface area contributed by atoms with Crippen molar-refractivity contribution in [2.75, 3.05) is 23.3 Å². The van der Waals surface area contributed by atoms with Crippen molar-refractivity contribution in [3.63, 3.8) is 0 Å². The third-order valence-electron chi connectivity index (χ3n) is 5.90. The number of rotatable bonds is 4. The molecule has 0 radical (unpaired) electrons. The van der Waals surface area contributed by atoms with E-state index in [0.717, 1.165) is 18.8 Å². The normalized spacial score (nSPS) is 20.1. The number of fused-ring (bicyclic) bond motifs is 3. The van der Waals surface area contributed by atoms with E-state index in [1.807, 2.05) is 17.0 Å². The molecule has 2 atom stereocenters. The number of likely N-dealkylation sites (tertiary alicyclic amines) is 1. The number of carbonyl (C=O) groups is 1. The second-order valence-corrected chi connectivity index (χ2v) is 7.71. The number of amides is 1. The molecule has 1 N–H and O–H groups in total. The van der Waals surface area contributed by atoms with Crippen molar-refractivity contribution in [3.8, 4) is 0 Å². The summed E-state index contributed by atoms with van der Waals surface area (Å²) in [6.07, 6.45) is 3.74. The van der Waals surface area contributed by atoms with Crippen LogP contribution in [-0.2, 0) is 4.79 Å². The van der Waals surface area contributed by atoms with Gasteiger partial charge >= 0.3 is 0 Å². The lowest BCUT2D eigenvalue weighted by atomic mass is 10.2. The van der Waals surface area contributed by atoms with Crippen molar-refractivity contribution in [2.45, 2.75) is 25.4 Å². The SMILES string of the molecule is C=CC(=O)N1C[C@@H]2C[C@H]1CN2c1ccc2ncnc(Nc3cccc(C)c3F)c2n1. The standard InChI is InChI=1S/C22H21FN6O/c1-3-19(30)29-11-14-9-15(29)10-28(14)18-8-7-17-21(27-18)22(25-12-24-17)26-16-6-4-5-13(2)20(16)23/h3-8,12,14-15H,1,9-11H2,2H3,(H,24,25,26)/t14-,15-/m0/s1. The van der Waals surface area contributed by atoms with Gasteiger partial charge in [-0.25, -0.2) is 19.3 Å². The summed E-state index contributed by atoms with van der Waals surface area (Å²) in [6, 6.07) is 9.41. The molecule has 7 nitrogen and oxygen atoms in total. The predicted molar refractivity (Wildman–Crippen MR) is 113 cm³/mol. The zero-order valence-corrected chi connectivity index (χ0v) is 16.5. The minimum absolute atomic E-state index is 0.0197. The molecule has 2 aliphatic rings. The van der Waals surface area contributed by atoms with E-state index in [2.05, 4.69) is 26.8 Å². The Morgan fingerprint density at radius 2 is 2.10 bits per heavy atom. The summed E-state index contributed by atoms with van der Waals surface area (Å²) in [5.41, 5.74) is 2.16. The number of nitrogens with zero attached hydrogens (tertiary/aromatic N) is 5. The van der Waals surface area contributed by atoms with Crippen molar-refractivity contribution in [3.05, 3.63) is 60.7 Å². The topological polar surface area (TPSA) is 74.2 Å². The van der Waals surface area contributed by atoms with Crippen molar-refractivity contribution < 1.29 is 9.18 Å². The molecule has 5 rings (SSSR count). The van der Waals surface area contributed by atoms with Gasteiger partial charge in [0.05, 0.1) is 23.3 Å². The van der Waals surface area contributed by atoms with Crippen LogP contribution >= 0.6 is 0 Å². The molecule has 8 heteroatoms. The number of anilines is 3. The number of piperazine rings is 1. The van der Waals surface area contributed by atoms with Crippen molar-refractivity contribution in [2.24, 2.45) is 0 Å². The molecular weight excluding hydrogens is 383 g/mol. The minimum Gasteiger partial charge on any atom is -0.350 e. The lowest BCUT2D eigenvalue weighted by molar-refractivity contribution is -0.127. The fraction of sp³-hybridized carbons (Fsp3) is 0.273. The Morgan fingerprint density at radius 1 is 1.23 bits per heavy atom. The number of benzene rings is 1. The first-order valence-corrected chi connectivity index (χ1v) is 9.88. The van der Waals surface area contributed by atoms with Crippen molar-refractivity contribution in [1.82, 2.24) is 19.9 Å². The van der Waals surface area contributed by atoms with E-state index in [1.165, 1.54) is 12.4 Å². The van der Waals surface area contributed by atoms with E-state index in [9.17, 15) is 9.18 Å². The molecule has 152 valence electrons. The molecule has 4 heterocycles. The van der Waals surface area contributed by atoms with Crippen LogP contribution in [0.1, 0.15) is 12.0 Å². The smallest absolute Gasteiger partial charge is 0.246 e. The fourth-order valence-corrected chi connectivity index (χ4v) is 4.39. The van der Waals surface area contributed by atoms with Crippen LogP contribution < -0.4 is 10.2 Å². The Balaban J connectivity index is 1.47. The molecule has 0 unspecified atom stereocenters. The third kappa shape index (κ3) is 2.96. The summed E-state index contributed by atoms with van der Waals surface area (Å²) < 4.78 is 14.5. The molecule has 2 bridgehead atoms. The largest absolute Gasteiger partial charge is 0.350 e. The lowest BCUT2D eigenvalue weighted by Gasteiger charge is -2.34. The first-order valence-electron chi connectivity index (χ1n) is 9.88. The van der Waals surface area contributed by atoms with Gasteiger partial charge in [-0.05, 0) is 43.2 Å². The highest BCUT2D eigenvalue weighted by Crippen LogP contribution is 2.35. The molecule has 2 aliphatic heterocycles. The van der Waals surface area contributed by atoms with Crippen LogP contribution in [0.3, 0.4) is 0 Å². The molecule has 0 saturated carbocycles. The quantitative estimate of drug-likeness (QED) is 0.674. The van der Waals surface area contributed by atoms with Crippen LogP contribution in [0.2, 0.25) is 0 Å². The third-order valence-corrected chi connectivity index (χ3v) is 5.90. The lowest BCUT2D eigenvalue weighted by Crippen LogP contribution is -2.48. The van der Waals surface area contributed by atoms with Crippen LogP contribution in [-0.4, -0.2) is 50.9 Å². The number of pyridine rings is 1. The second kappa shape index (κ2) is 7.05. The first-order chi connectivity index (χ1) is 14.5.